The Balaban J connectivity index is 2.05. The van der Waals surface area contributed by atoms with E-state index in [1.165, 1.54) is 6.42 Å². The first kappa shape index (κ1) is 12.3. The molecular weight excluding hydrogens is 214 g/mol. The fourth-order valence-electron chi connectivity index (χ4n) is 2.27. The van der Waals surface area contributed by atoms with Crippen LogP contribution in [0.1, 0.15) is 32.9 Å². The van der Waals surface area contributed by atoms with E-state index in [1.807, 2.05) is 0 Å². The number of aromatic nitrogens is 2. The quantitative estimate of drug-likeness (QED) is 0.849. The molecule has 4 nitrogen and oxygen atoms in total. The maximum absolute atomic E-state index is 8.93. The largest absolute Gasteiger partial charge is 0.390 e. The summed E-state index contributed by atoms with van der Waals surface area (Å²) in [7, 11) is 0. The Kier molecular flexibility index (Phi) is 3.33. The van der Waals surface area contributed by atoms with Crippen LogP contribution in [-0.2, 0) is 6.61 Å². The predicted octanol–water partition coefficient (Wildman–Crippen LogP) is 1.84. The standard InChI is InChI=1S/C13H21N3O/c1-13(2,3)10-4-5-16(8-10)12-7-14-11(9-17)6-15-12/h6-7,10,17H,4-5,8-9H2,1-3H3. The van der Waals surface area contributed by atoms with E-state index in [9.17, 15) is 0 Å². The first-order valence-corrected chi connectivity index (χ1v) is 6.17. The molecule has 1 aromatic rings. The Morgan fingerprint density at radius 2 is 2.12 bits per heavy atom. The van der Waals surface area contributed by atoms with Gasteiger partial charge in [-0.15, -0.1) is 0 Å². The van der Waals surface area contributed by atoms with Crippen molar-refractivity contribution in [3.63, 3.8) is 0 Å². The third kappa shape index (κ3) is 2.75. The lowest BCUT2D eigenvalue weighted by molar-refractivity contribution is 0.263. The van der Waals surface area contributed by atoms with Gasteiger partial charge >= 0.3 is 0 Å². The van der Waals surface area contributed by atoms with Crippen LogP contribution >= 0.6 is 0 Å². The second-order valence-corrected chi connectivity index (χ2v) is 5.82. The van der Waals surface area contributed by atoms with Gasteiger partial charge < -0.3 is 10.0 Å². The molecule has 1 aromatic heterocycles. The smallest absolute Gasteiger partial charge is 0.147 e. The third-order valence-electron chi connectivity index (χ3n) is 3.59. The molecule has 0 spiro atoms. The molecule has 0 saturated carbocycles. The fourth-order valence-corrected chi connectivity index (χ4v) is 2.27. The molecule has 4 heteroatoms. The molecule has 0 bridgehead atoms. The Bertz CT molecular complexity index is 369. The third-order valence-corrected chi connectivity index (χ3v) is 3.59. The van der Waals surface area contributed by atoms with Crippen molar-refractivity contribution in [2.75, 3.05) is 18.0 Å². The van der Waals surface area contributed by atoms with E-state index in [1.54, 1.807) is 12.4 Å². The predicted molar refractivity (Wildman–Crippen MR) is 67.7 cm³/mol. The SMILES string of the molecule is CC(C)(C)C1CCN(c2cnc(CO)cn2)C1. The van der Waals surface area contributed by atoms with E-state index in [-0.39, 0.29) is 6.61 Å². The van der Waals surface area contributed by atoms with Crippen LogP contribution in [0.2, 0.25) is 0 Å². The number of hydrogen-bond donors (Lipinski definition) is 1. The highest BCUT2D eigenvalue weighted by Gasteiger charge is 2.32. The molecule has 1 atom stereocenters. The molecule has 1 unspecified atom stereocenters. The van der Waals surface area contributed by atoms with Crippen molar-refractivity contribution in [3.8, 4) is 0 Å². The van der Waals surface area contributed by atoms with Crippen LogP contribution < -0.4 is 4.90 Å². The van der Waals surface area contributed by atoms with Crippen LogP contribution in [0.15, 0.2) is 12.4 Å². The summed E-state index contributed by atoms with van der Waals surface area (Å²) in [4.78, 5) is 10.8. The number of anilines is 1. The van der Waals surface area contributed by atoms with Crippen LogP contribution in [0.3, 0.4) is 0 Å². The Labute approximate surface area is 103 Å². The lowest BCUT2D eigenvalue weighted by atomic mass is 9.80. The number of hydrogen-bond acceptors (Lipinski definition) is 4. The second kappa shape index (κ2) is 4.61. The van der Waals surface area contributed by atoms with Crippen LogP contribution in [0.4, 0.5) is 5.82 Å². The molecule has 1 aliphatic heterocycles. The maximum Gasteiger partial charge on any atom is 0.147 e. The minimum absolute atomic E-state index is 0.0438. The van der Waals surface area contributed by atoms with Crippen molar-refractivity contribution in [2.24, 2.45) is 11.3 Å². The van der Waals surface area contributed by atoms with E-state index in [0.29, 0.717) is 17.0 Å². The molecule has 2 rings (SSSR count). The summed E-state index contributed by atoms with van der Waals surface area (Å²) in [6.07, 6.45) is 4.63. The average molecular weight is 235 g/mol. The fraction of sp³-hybridized carbons (Fsp3) is 0.692. The number of aliphatic hydroxyl groups is 1. The van der Waals surface area contributed by atoms with Gasteiger partial charge in [0.1, 0.15) is 5.82 Å². The molecular formula is C13H21N3O. The maximum atomic E-state index is 8.93. The summed E-state index contributed by atoms with van der Waals surface area (Å²) in [6.45, 7) is 8.94. The number of rotatable bonds is 2. The van der Waals surface area contributed by atoms with Gasteiger partial charge in [0.25, 0.3) is 0 Å². The van der Waals surface area contributed by atoms with Crippen molar-refractivity contribution in [3.05, 3.63) is 18.1 Å². The van der Waals surface area contributed by atoms with Crippen LogP contribution in [-0.4, -0.2) is 28.2 Å². The zero-order valence-electron chi connectivity index (χ0n) is 10.8. The van der Waals surface area contributed by atoms with Crippen molar-refractivity contribution < 1.29 is 5.11 Å². The van der Waals surface area contributed by atoms with Gasteiger partial charge in [-0.05, 0) is 17.8 Å². The van der Waals surface area contributed by atoms with E-state index >= 15 is 0 Å². The minimum Gasteiger partial charge on any atom is -0.390 e. The highest BCUT2D eigenvalue weighted by atomic mass is 16.3. The van der Waals surface area contributed by atoms with E-state index in [2.05, 4.69) is 35.6 Å². The molecule has 0 aliphatic carbocycles. The van der Waals surface area contributed by atoms with Gasteiger partial charge in [0.2, 0.25) is 0 Å². The van der Waals surface area contributed by atoms with E-state index in [0.717, 1.165) is 18.9 Å². The van der Waals surface area contributed by atoms with Crippen molar-refractivity contribution in [1.82, 2.24) is 9.97 Å². The zero-order chi connectivity index (χ0) is 12.5. The average Bonchev–Trinajstić information content (AvgIpc) is 2.78. The second-order valence-electron chi connectivity index (χ2n) is 5.82. The Hall–Kier alpha value is -1.16. The first-order chi connectivity index (χ1) is 8.00. The first-order valence-electron chi connectivity index (χ1n) is 6.17. The highest BCUT2D eigenvalue weighted by Crippen LogP contribution is 2.34. The molecule has 0 amide bonds. The summed E-state index contributed by atoms with van der Waals surface area (Å²) in [5, 5.41) is 8.93. The van der Waals surface area contributed by atoms with Gasteiger partial charge in [0, 0.05) is 13.1 Å². The monoisotopic (exact) mass is 235 g/mol. The summed E-state index contributed by atoms with van der Waals surface area (Å²) in [5.74, 6) is 1.63. The molecule has 0 aromatic carbocycles. The Morgan fingerprint density at radius 3 is 2.59 bits per heavy atom. The summed E-state index contributed by atoms with van der Waals surface area (Å²) in [5.41, 5.74) is 0.980. The Morgan fingerprint density at radius 1 is 1.35 bits per heavy atom. The van der Waals surface area contributed by atoms with E-state index < -0.39 is 0 Å². The molecule has 94 valence electrons. The molecule has 17 heavy (non-hydrogen) atoms. The van der Waals surface area contributed by atoms with Gasteiger partial charge in [-0.2, -0.15) is 0 Å². The van der Waals surface area contributed by atoms with Gasteiger partial charge in [-0.3, -0.25) is 4.98 Å². The summed E-state index contributed by atoms with van der Waals surface area (Å²) in [6, 6.07) is 0. The minimum atomic E-state index is -0.0438. The van der Waals surface area contributed by atoms with E-state index in [4.69, 9.17) is 5.11 Å². The van der Waals surface area contributed by atoms with Crippen LogP contribution in [0.5, 0.6) is 0 Å². The summed E-state index contributed by atoms with van der Waals surface area (Å²) >= 11 is 0. The van der Waals surface area contributed by atoms with Crippen molar-refractivity contribution in [2.45, 2.75) is 33.8 Å². The van der Waals surface area contributed by atoms with Gasteiger partial charge in [0.15, 0.2) is 0 Å². The molecule has 1 fully saturated rings. The lowest BCUT2D eigenvalue weighted by Crippen LogP contribution is -2.26. The number of aliphatic hydroxyl groups excluding tert-OH is 1. The molecule has 2 heterocycles. The highest BCUT2D eigenvalue weighted by molar-refractivity contribution is 5.37. The van der Waals surface area contributed by atoms with Gasteiger partial charge in [-0.1, -0.05) is 20.8 Å². The molecule has 0 radical (unpaired) electrons. The van der Waals surface area contributed by atoms with Gasteiger partial charge in [0.05, 0.1) is 24.7 Å². The molecule has 1 aliphatic rings. The number of nitrogens with zero attached hydrogens (tertiary/aromatic N) is 3. The normalized spacial score (nSPS) is 20.9. The summed E-state index contributed by atoms with van der Waals surface area (Å²) < 4.78 is 0. The van der Waals surface area contributed by atoms with Crippen molar-refractivity contribution in [1.29, 1.82) is 0 Å². The molecule has 1 N–H and O–H groups in total. The van der Waals surface area contributed by atoms with Crippen LogP contribution in [0, 0.1) is 11.3 Å². The van der Waals surface area contributed by atoms with Gasteiger partial charge in [-0.25, -0.2) is 4.98 Å². The lowest BCUT2D eigenvalue weighted by Gasteiger charge is -2.27. The zero-order valence-corrected chi connectivity index (χ0v) is 10.8. The van der Waals surface area contributed by atoms with Crippen LogP contribution in [0.25, 0.3) is 0 Å². The molecule has 1 saturated heterocycles. The van der Waals surface area contributed by atoms with Crippen molar-refractivity contribution >= 4 is 5.82 Å². The topological polar surface area (TPSA) is 49.2 Å².